The van der Waals surface area contributed by atoms with Crippen molar-refractivity contribution >= 4 is 5.78 Å². The van der Waals surface area contributed by atoms with Gasteiger partial charge in [0.25, 0.3) is 0 Å². The predicted octanol–water partition coefficient (Wildman–Crippen LogP) is 4.42. The van der Waals surface area contributed by atoms with Gasteiger partial charge in [-0.1, -0.05) is 44.1 Å². The van der Waals surface area contributed by atoms with Crippen LogP contribution in [0.2, 0.25) is 0 Å². The maximum absolute atomic E-state index is 13.6. The number of hydrogen-bond donors (Lipinski definition) is 0. The molecule has 3 saturated carbocycles. The Morgan fingerprint density at radius 3 is 2.45 bits per heavy atom. The summed E-state index contributed by atoms with van der Waals surface area (Å²) in [5, 5.41) is 0. The van der Waals surface area contributed by atoms with Gasteiger partial charge < -0.3 is 14.2 Å². The largest absolute Gasteiger partial charge is 0.497 e. The number of ether oxygens (including phenoxy) is 3. The van der Waals surface area contributed by atoms with Crippen LogP contribution in [-0.2, 0) is 19.7 Å². The molecule has 1 spiro atoms. The van der Waals surface area contributed by atoms with E-state index in [0.29, 0.717) is 31.8 Å². The molecule has 29 heavy (non-hydrogen) atoms. The topological polar surface area (TPSA) is 44.8 Å². The first kappa shape index (κ1) is 18.1. The quantitative estimate of drug-likeness (QED) is 0.697. The van der Waals surface area contributed by atoms with Gasteiger partial charge in [0.05, 0.1) is 20.3 Å². The molecule has 1 aliphatic heterocycles. The standard InChI is InChI=1S/C25H30O4/c1-22-10-3-4-11-23(22)13-14-24(22,17-5-7-18(27-2)8-6-17)20-19(26)9-12-25(21(20)23)28-15-16-29-25/h5-8,13-14,20-21H,3-4,9-12,15-16H2,1-2H3/t20-,21+,22+,23-,24-/m1/s1. The van der Waals surface area contributed by atoms with Crippen LogP contribution in [0.4, 0.5) is 0 Å². The van der Waals surface area contributed by atoms with E-state index < -0.39 is 5.79 Å². The summed E-state index contributed by atoms with van der Waals surface area (Å²) in [4.78, 5) is 13.6. The molecule has 0 N–H and O–H groups in total. The van der Waals surface area contributed by atoms with Crippen molar-refractivity contribution in [2.24, 2.45) is 22.7 Å². The van der Waals surface area contributed by atoms with Crippen molar-refractivity contribution in [3.05, 3.63) is 42.0 Å². The van der Waals surface area contributed by atoms with Crippen molar-refractivity contribution in [1.29, 1.82) is 0 Å². The minimum absolute atomic E-state index is 0.00445. The van der Waals surface area contributed by atoms with Gasteiger partial charge in [-0.15, -0.1) is 0 Å². The first-order chi connectivity index (χ1) is 14.0. The molecule has 1 aromatic rings. The zero-order chi connectivity index (χ0) is 19.9. The van der Waals surface area contributed by atoms with Crippen LogP contribution >= 0.6 is 0 Å². The number of allylic oxidation sites excluding steroid dienone is 2. The third-order valence-corrected chi connectivity index (χ3v) is 9.36. The minimum atomic E-state index is -0.587. The third-order valence-electron chi connectivity index (χ3n) is 9.36. The molecule has 4 heteroatoms. The molecular weight excluding hydrogens is 364 g/mol. The Morgan fingerprint density at radius 1 is 1.00 bits per heavy atom. The number of hydrogen-bond acceptors (Lipinski definition) is 4. The lowest BCUT2D eigenvalue weighted by Gasteiger charge is -2.53. The van der Waals surface area contributed by atoms with E-state index in [1.165, 1.54) is 18.4 Å². The second kappa shape index (κ2) is 5.73. The summed E-state index contributed by atoms with van der Waals surface area (Å²) in [7, 11) is 1.70. The lowest BCUT2D eigenvalue weighted by Crippen LogP contribution is -2.56. The maximum atomic E-state index is 13.6. The van der Waals surface area contributed by atoms with E-state index in [4.69, 9.17) is 14.2 Å². The van der Waals surface area contributed by atoms with Crippen molar-refractivity contribution in [3.8, 4) is 5.75 Å². The average molecular weight is 395 g/mol. The molecule has 0 amide bonds. The molecule has 6 rings (SSSR count). The van der Waals surface area contributed by atoms with E-state index in [0.717, 1.165) is 18.6 Å². The SMILES string of the molecule is COc1ccc([C@@]23C=C[C@]4(CCCC[C@@]42C)[C@@H]2[C@H]3C(=O)CCC23OCCO3)cc1. The Balaban J connectivity index is 1.61. The van der Waals surface area contributed by atoms with Gasteiger partial charge in [-0.05, 0) is 36.0 Å². The molecule has 154 valence electrons. The summed E-state index contributed by atoms with van der Waals surface area (Å²) in [6.07, 6.45) is 10.8. The number of ketones is 1. The average Bonchev–Trinajstić information content (AvgIpc) is 3.38. The van der Waals surface area contributed by atoms with Crippen LogP contribution in [0, 0.1) is 22.7 Å². The molecule has 4 nitrogen and oxygen atoms in total. The van der Waals surface area contributed by atoms with Crippen molar-refractivity contribution in [2.45, 2.75) is 56.7 Å². The van der Waals surface area contributed by atoms with Crippen LogP contribution in [0.15, 0.2) is 36.4 Å². The number of carbonyl (C=O) groups is 1. The molecule has 1 aromatic carbocycles. The van der Waals surface area contributed by atoms with Crippen LogP contribution in [-0.4, -0.2) is 31.9 Å². The van der Waals surface area contributed by atoms with E-state index in [9.17, 15) is 4.79 Å². The smallest absolute Gasteiger partial charge is 0.173 e. The predicted molar refractivity (Wildman–Crippen MR) is 109 cm³/mol. The Morgan fingerprint density at radius 2 is 1.72 bits per heavy atom. The summed E-state index contributed by atoms with van der Waals surface area (Å²) in [5.41, 5.74) is 0.932. The lowest BCUT2D eigenvalue weighted by molar-refractivity contribution is -0.242. The number of rotatable bonds is 2. The second-order valence-corrected chi connectivity index (χ2v) is 9.94. The number of fused-ring (bicyclic) bond motifs is 3. The molecule has 0 aromatic heterocycles. The van der Waals surface area contributed by atoms with E-state index >= 15 is 0 Å². The van der Waals surface area contributed by atoms with E-state index in [2.05, 4.69) is 31.2 Å². The van der Waals surface area contributed by atoms with Gasteiger partial charge in [-0.3, -0.25) is 4.79 Å². The number of Topliss-reactive ketones (excluding diaryl/α,β-unsaturated/α-hetero) is 1. The molecule has 2 bridgehead atoms. The molecule has 4 fully saturated rings. The first-order valence-corrected chi connectivity index (χ1v) is 11.2. The minimum Gasteiger partial charge on any atom is -0.497 e. The van der Waals surface area contributed by atoms with E-state index in [-0.39, 0.29) is 28.1 Å². The van der Waals surface area contributed by atoms with E-state index in [1.54, 1.807) is 7.11 Å². The summed E-state index contributed by atoms with van der Waals surface area (Å²) in [6.45, 7) is 3.73. The highest BCUT2D eigenvalue weighted by atomic mass is 16.7. The fourth-order valence-electron chi connectivity index (χ4n) is 8.29. The molecule has 1 saturated heterocycles. The number of methoxy groups -OCH3 is 1. The van der Waals surface area contributed by atoms with Crippen LogP contribution in [0.1, 0.15) is 51.0 Å². The zero-order valence-electron chi connectivity index (χ0n) is 17.4. The monoisotopic (exact) mass is 394 g/mol. The zero-order valence-corrected chi connectivity index (χ0v) is 17.4. The normalized spacial score (nSPS) is 44.1. The Labute approximate surface area is 172 Å². The van der Waals surface area contributed by atoms with Gasteiger partial charge in [0.15, 0.2) is 5.79 Å². The molecular formula is C25H30O4. The summed E-state index contributed by atoms with van der Waals surface area (Å²) < 4.78 is 18.2. The fraction of sp³-hybridized carbons (Fsp3) is 0.640. The molecule has 0 unspecified atom stereocenters. The van der Waals surface area contributed by atoms with Gasteiger partial charge in [-0.2, -0.15) is 0 Å². The van der Waals surface area contributed by atoms with Crippen molar-refractivity contribution in [1.82, 2.24) is 0 Å². The summed E-state index contributed by atoms with van der Waals surface area (Å²) in [6, 6.07) is 8.46. The first-order valence-electron chi connectivity index (χ1n) is 11.2. The highest BCUT2D eigenvalue weighted by molar-refractivity contribution is 5.87. The Hall–Kier alpha value is -1.65. The van der Waals surface area contributed by atoms with Gasteiger partial charge in [-0.25, -0.2) is 0 Å². The van der Waals surface area contributed by atoms with Gasteiger partial charge in [0.2, 0.25) is 0 Å². The molecule has 4 aliphatic carbocycles. The number of benzene rings is 1. The van der Waals surface area contributed by atoms with Crippen LogP contribution in [0.5, 0.6) is 5.75 Å². The fourth-order valence-corrected chi connectivity index (χ4v) is 8.29. The van der Waals surface area contributed by atoms with Gasteiger partial charge in [0, 0.05) is 35.5 Å². The lowest BCUT2D eigenvalue weighted by atomic mass is 9.52. The third kappa shape index (κ3) is 1.87. The Bertz CT molecular complexity index is 883. The van der Waals surface area contributed by atoms with Crippen molar-refractivity contribution in [2.75, 3.05) is 20.3 Å². The Kier molecular flexibility index (Phi) is 3.59. The molecule has 0 radical (unpaired) electrons. The maximum Gasteiger partial charge on any atom is 0.173 e. The van der Waals surface area contributed by atoms with E-state index in [1.807, 2.05) is 12.1 Å². The van der Waals surface area contributed by atoms with Gasteiger partial charge >= 0.3 is 0 Å². The van der Waals surface area contributed by atoms with Gasteiger partial charge in [0.1, 0.15) is 11.5 Å². The molecule has 5 atom stereocenters. The van der Waals surface area contributed by atoms with Crippen LogP contribution in [0.25, 0.3) is 0 Å². The van der Waals surface area contributed by atoms with Crippen molar-refractivity contribution < 1.29 is 19.0 Å². The van der Waals surface area contributed by atoms with Crippen molar-refractivity contribution in [3.63, 3.8) is 0 Å². The molecule has 1 heterocycles. The highest BCUT2D eigenvalue weighted by Crippen LogP contribution is 2.81. The summed E-state index contributed by atoms with van der Waals surface area (Å²) in [5.74, 6) is 0.702. The van der Waals surface area contributed by atoms with Crippen LogP contribution < -0.4 is 4.74 Å². The highest BCUT2D eigenvalue weighted by Gasteiger charge is 2.81. The number of carbonyl (C=O) groups excluding carboxylic acids is 1. The second-order valence-electron chi connectivity index (χ2n) is 9.94. The summed E-state index contributed by atoms with van der Waals surface area (Å²) >= 11 is 0. The van der Waals surface area contributed by atoms with Crippen LogP contribution in [0.3, 0.4) is 0 Å². The molecule has 5 aliphatic rings.